The maximum Gasteiger partial charge on any atom is 0.217 e. The lowest BCUT2D eigenvalue weighted by Crippen LogP contribution is -2.25. The number of anilines is 1. The summed E-state index contributed by atoms with van der Waals surface area (Å²) in [5.41, 5.74) is 7.70. The molecule has 0 saturated heterocycles. The molecule has 0 radical (unpaired) electrons. The van der Waals surface area contributed by atoms with Gasteiger partial charge in [-0.2, -0.15) is 0 Å². The van der Waals surface area contributed by atoms with Crippen LogP contribution in [-0.4, -0.2) is 19.0 Å². The van der Waals surface area contributed by atoms with E-state index in [2.05, 4.69) is 43.0 Å². The molecule has 0 spiro atoms. The van der Waals surface area contributed by atoms with Gasteiger partial charge in [0.25, 0.3) is 0 Å². The van der Waals surface area contributed by atoms with Crippen LogP contribution in [0, 0.1) is 6.92 Å². The third kappa shape index (κ3) is 5.21. The summed E-state index contributed by atoms with van der Waals surface area (Å²) in [6.07, 6.45) is 3.51. The van der Waals surface area contributed by atoms with Crippen molar-refractivity contribution in [2.45, 2.75) is 39.5 Å². The Hall–Kier alpha value is -1.51. The Bertz CT molecular complexity index is 377. The predicted octanol–water partition coefficient (Wildman–Crippen LogP) is 2.87. The summed E-state index contributed by atoms with van der Waals surface area (Å²) in [6.45, 7) is 6.34. The Morgan fingerprint density at radius 2 is 2.06 bits per heavy atom. The van der Waals surface area contributed by atoms with Crippen molar-refractivity contribution in [1.29, 1.82) is 0 Å². The number of carbonyl (C=O) groups excluding carboxylic acids is 1. The Labute approximate surface area is 110 Å². The van der Waals surface area contributed by atoms with Gasteiger partial charge in [0, 0.05) is 25.2 Å². The first-order chi connectivity index (χ1) is 8.63. The molecule has 0 aliphatic rings. The number of primary amides is 1. The minimum absolute atomic E-state index is 0.201. The fourth-order valence-electron chi connectivity index (χ4n) is 2.07. The first-order valence-corrected chi connectivity index (χ1v) is 6.73. The molecule has 0 saturated carbocycles. The number of benzene rings is 1. The summed E-state index contributed by atoms with van der Waals surface area (Å²) in [6, 6.07) is 8.57. The van der Waals surface area contributed by atoms with Crippen molar-refractivity contribution in [2.24, 2.45) is 5.73 Å². The van der Waals surface area contributed by atoms with Crippen LogP contribution in [0.4, 0.5) is 5.69 Å². The van der Waals surface area contributed by atoms with E-state index in [-0.39, 0.29) is 5.91 Å². The lowest BCUT2D eigenvalue weighted by molar-refractivity contribution is -0.118. The van der Waals surface area contributed by atoms with Gasteiger partial charge in [0.15, 0.2) is 0 Å². The van der Waals surface area contributed by atoms with Crippen molar-refractivity contribution in [3.8, 4) is 0 Å². The normalized spacial score (nSPS) is 10.3. The zero-order chi connectivity index (χ0) is 13.4. The Balaban J connectivity index is 2.51. The topological polar surface area (TPSA) is 46.3 Å². The van der Waals surface area contributed by atoms with Crippen LogP contribution in [0.15, 0.2) is 24.3 Å². The number of hydrogen-bond donors (Lipinski definition) is 1. The summed E-state index contributed by atoms with van der Waals surface area (Å²) >= 11 is 0. The van der Waals surface area contributed by atoms with E-state index in [0.29, 0.717) is 6.42 Å². The molecule has 3 heteroatoms. The van der Waals surface area contributed by atoms with Crippen molar-refractivity contribution < 1.29 is 4.79 Å². The van der Waals surface area contributed by atoms with Gasteiger partial charge in [-0.05, 0) is 43.9 Å². The summed E-state index contributed by atoms with van der Waals surface area (Å²) in [7, 11) is 0. The van der Waals surface area contributed by atoms with Crippen LogP contribution in [-0.2, 0) is 4.79 Å². The van der Waals surface area contributed by atoms with Crippen LogP contribution in [0.1, 0.15) is 38.2 Å². The molecule has 1 aromatic rings. The van der Waals surface area contributed by atoms with Gasteiger partial charge in [-0.25, -0.2) is 0 Å². The maximum atomic E-state index is 10.7. The molecule has 0 heterocycles. The molecule has 3 nitrogen and oxygen atoms in total. The lowest BCUT2D eigenvalue weighted by Gasteiger charge is -2.24. The number of carbonyl (C=O) groups is 1. The van der Waals surface area contributed by atoms with Gasteiger partial charge in [-0.1, -0.05) is 19.1 Å². The number of rotatable bonds is 8. The molecule has 1 aromatic carbocycles. The lowest BCUT2D eigenvalue weighted by atomic mass is 10.1. The van der Waals surface area contributed by atoms with Gasteiger partial charge in [-0.3, -0.25) is 4.79 Å². The van der Waals surface area contributed by atoms with E-state index in [0.717, 1.165) is 32.4 Å². The molecule has 2 N–H and O–H groups in total. The molecular weight excluding hydrogens is 224 g/mol. The second-order valence-electron chi connectivity index (χ2n) is 4.75. The van der Waals surface area contributed by atoms with Crippen LogP contribution in [0.3, 0.4) is 0 Å². The largest absolute Gasteiger partial charge is 0.372 e. The minimum Gasteiger partial charge on any atom is -0.372 e. The summed E-state index contributed by atoms with van der Waals surface area (Å²) in [5, 5.41) is 0. The number of nitrogens with zero attached hydrogens (tertiary/aromatic N) is 1. The Kier molecular flexibility index (Phi) is 6.26. The second-order valence-corrected chi connectivity index (χ2v) is 4.75. The van der Waals surface area contributed by atoms with Gasteiger partial charge in [0.05, 0.1) is 0 Å². The van der Waals surface area contributed by atoms with Gasteiger partial charge >= 0.3 is 0 Å². The van der Waals surface area contributed by atoms with E-state index >= 15 is 0 Å². The first-order valence-electron chi connectivity index (χ1n) is 6.73. The van der Waals surface area contributed by atoms with Crippen molar-refractivity contribution in [3.05, 3.63) is 29.8 Å². The first kappa shape index (κ1) is 14.6. The SMILES string of the molecule is CCCN(CCCCC(N)=O)c1cccc(C)c1. The average Bonchev–Trinajstić information content (AvgIpc) is 2.33. The van der Waals surface area contributed by atoms with Crippen molar-refractivity contribution in [1.82, 2.24) is 0 Å². The molecule has 0 fully saturated rings. The third-order valence-corrected chi connectivity index (χ3v) is 2.96. The molecule has 0 aliphatic carbocycles. The Morgan fingerprint density at radius 1 is 1.28 bits per heavy atom. The molecule has 0 aromatic heterocycles. The van der Waals surface area contributed by atoms with Crippen LogP contribution in [0.5, 0.6) is 0 Å². The summed E-state index contributed by atoms with van der Waals surface area (Å²) < 4.78 is 0. The van der Waals surface area contributed by atoms with E-state index in [4.69, 9.17) is 5.73 Å². The van der Waals surface area contributed by atoms with Crippen LogP contribution < -0.4 is 10.6 Å². The molecule has 1 amide bonds. The molecule has 0 bridgehead atoms. The van der Waals surface area contributed by atoms with Gasteiger partial charge in [-0.15, -0.1) is 0 Å². The van der Waals surface area contributed by atoms with Crippen molar-refractivity contribution in [2.75, 3.05) is 18.0 Å². The zero-order valence-electron chi connectivity index (χ0n) is 11.5. The number of nitrogens with two attached hydrogens (primary N) is 1. The Morgan fingerprint density at radius 3 is 2.67 bits per heavy atom. The highest BCUT2D eigenvalue weighted by Crippen LogP contribution is 2.17. The smallest absolute Gasteiger partial charge is 0.217 e. The number of amides is 1. The molecule has 0 unspecified atom stereocenters. The van der Waals surface area contributed by atoms with Crippen LogP contribution in [0.2, 0.25) is 0 Å². The molecule has 0 atom stereocenters. The van der Waals surface area contributed by atoms with Crippen LogP contribution in [0.25, 0.3) is 0 Å². The van der Waals surface area contributed by atoms with E-state index in [9.17, 15) is 4.79 Å². The van der Waals surface area contributed by atoms with E-state index < -0.39 is 0 Å². The molecular formula is C15H24N2O. The highest BCUT2D eigenvalue weighted by molar-refractivity contribution is 5.73. The quantitative estimate of drug-likeness (QED) is 0.719. The molecule has 18 heavy (non-hydrogen) atoms. The maximum absolute atomic E-state index is 10.7. The van der Waals surface area contributed by atoms with Crippen molar-refractivity contribution >= 4 is 11.6 Å². The number of aryl methyl sites for hydroxylation is 1. The average molecular weight is 248 g/mol. The monoisotopic (exact) mass is 248 g/mol. The third-order valence-electron chi connectivity index (χ3n) is 2.96. The molecule has 1 rings (SSSR count). The summed E-state index contributed by atoms with van der Waals surface area (Å²) in [4.78, 5) is 13.1. The summed E-state index contributed by atoms with van der Waals surface area (Å²) in [5.74, 6) is -0.201. The highest BCUT2D eigenvalue weighted by atomic mass is 16.1. The van der Waals surface area contributed by atoms with Gasteiger partial charge in [0.1, 0.15) is 0 Å². The van der Waals surface area contributed by atoms with E-state index in [1.165, 1.54) is 11.3 Å². The number of unbranched alkanes of at least 4 members (excludes halogenated alkanes) is 1. The fourth-order valence-corrected chi connectivity index (χ4v) is 2.07. The van der Waals surface area contributed by atoms with Crippen molar-refractivity contribution in [3.63, 3.8) is 0 Å². The standard InChI is InChI=1S/C15H24N2O/c1-3-10-17(11-5-4-9-15(16)18)14-8-6-7-13(2)12-14/h6-8,12H,3-5,9-11H2,1-2H3,(H2,16,18). The number of hydrogen-bond acceptors (Lipinski definition) is 2. The van der Waals surface area contributed by atoms with E-state index in [1.54, 1.807) is 0 Å². The predicted molar refractivity (Wildman–Crippen MR) is 76.7 cm³/mol. The van der Waals surface area contributed by atoms with Crippen LogP contribution >= 0.6 is 0 Å². The second kappa shape index (κ2) is 7.75. The van der Waals surface area contributed by atoms with Gasteiger partial charge in [0.2, 0.25) is 5.91 Å². The highest BCUT2D eigenvalue weighted by Gasteiger charge is 2.05. The zero-order valence-corrected chi connectivity index (χ0v) is 11.5. The fraction of sp³-hybridized carbons (Fsp3) is 0.533. The molecule has 100 valence electrons. The minimum atomic E-state index is -0.201. The van der Waals surface area contributed by atoms with Gasteiger partial charge < -0.3 is 10.6 Å². The molecule has 0 aliphatic heterocycles. The van der Waals surface area contributed by atoms with E-state index in [1.807, 2.05) is 0 Å².